The van der Waals surface area contributed by atoms with Gasteiger partial charge in [-0.15, -0.1) is 0 Å². The van der Waals surface area contributed by atoms with Crippen LogP contribution in [-0.2, 0) is 4.79 Å². The number of oxazole rings is 1. The molecule has 1 aliphatic heterocycles. The zero-order chi connectivity index (χ0) is 15.1. The fourth-order valence-corrected chi connectivity index (χ4v) is 2.73. The number of aromatic nitrogens is 1. The van der Waals surface area contributed by atoms with E-state index in [1.54, 1.807) is 0 Å². The van der Waals surface area contributed by atoms with Crippen molar-refractivity contribution >= 4 is 17.0 Å². The number of benzene rings is 1. The molecule has 1 fully saturated rings. The molecule has 6 heteroatoms. The minimum absolute atomic E-state index is 0.330. The minimum atomic E-state index is -0.838. The van der Waals surface area contributed by atoms with Crippen LogP contribution in [0.25, 0.3) is 11.1 Å². The third kappa shape index (κ3) is 2.35. The lowest BCUT2D eigenvalue weighted by Crippen LogP contribution is -2.46. The van der Waals surface area contributed by atoms with Crippen molar-refractivity contribution in [2.24, 2.45) is 0 Å². The molecular weight excluding hydrogens is 272 g/mol. The molecule has 6 nitrogen and oxygen atoms in total. The van der Waals surface area contributed by atoms with Crippen LogP contribution in [0, 0.1) is 0 Å². The fourth-order valence-electron chi connectivity index (χ4n) is 2.73. The van der Waals surface area contributed by atoms with Crippen LogP contribution < -0.4 is 11.1 Å². The van der Waals surface area contributed by atoms with Crippen LogP contribution in [0.2, 0.25) is 0 Å². The summed E-state index contributed by atoms with van der Waals surface area (Å²) in [7, 11) is 0. The summed E-state index contributed by atoms with van der Waals surface area (Å²) in [6.45, 7) is 4.12. The molecule has 0 aliphatic carbocycles. The largest absolute Gasteiger partial charge is 0.420 e. The van der Waals surface area contributed by atoms with Crippen molar-refractivity contribution in [1.82, 2.24) is 9.88 Å². The quantitative estimate of drug-likeness (QED) is 0.877. The predicted molar refractivity (Wildman–Crippen MR) is 77.0 cm³/mol. The third-order valence-corrected chi connectivity index (χ3v) is 3.94. The average molecular weight is 290 g/mol. The van der Waals surface area contributed by atoms with Crippen LogP contribution in [0.3, 0.4) is 0 Å². The molecule has 1 saturated heterocycles. The van der Waals surface area contributed by atoms with E-state index in [2.05, 4.69) is 19.2 Å². The number of fused-ring (bicyclic) bond motifs is 1. The second kappa shape index (κ2) is 5.04. The molecule has 1 amide bonds. The molecule has 2 atom stereocenters. The number of hydrogen-bond donors (Lipinski definition) is 2. The van der Waals surface area contributed by atoms with Crippen molar-refractivity contribution in [2.45, 2.75) is 44.9 Å². The summed E-state index contributed by atoms with van der Waals surface area (Å²) in [5.41, 5.74) is 2.18. The molecule has 0 radical (unpaired) electrons. The number of aliphatic hydroxyl groups is 1. The Morgan fingerprint density at radius 2 is 2.10 bits per heavy atom. The molecule has 2 N–H and O–H groups in total. The van der Waals surface area contributed by atoms with Gasteiger partial charge in [-0.2, -0.15) is 0 Å². The van der Waals surface area contributed by atoms with Gasteiger partial charge in [-0.05, 0) is 36.5 Å². The van der Waals surface area contributed by atoms with E-state index in [1.165, 1.54) is 4.57 Å². The number of rotatable bonds is 2. The van der Waals surface area contributed by atoms with Gasteiger partial charge in [0.1, 0.15) is 12.3 Å². The molecule has 112 valence electrons. The van der Waals surface area contributed by atoms with Crippen molar-refractivity contribution in [3.05, 3.63) is 34.3 Å². The fraction of sp³-hybridized carbons (Fsp3) is 0.467. The summed E-state index contributed by atoms with van der Waals surface area (Å²) < 4.78 is 6.66. The summed E-state index contributed by atoms with van der Waals surface area (Å²) in [4.78, 5) is 24.1. The highest BCUT2D eigenvalue weighted by molar-refractivity contribution is 5.84. The molecule has 2 heterocycles. The number of amides is 1. The van der Waals surface area contributed by atoms with Crippen LogP contribution >= 0.6 is 0 Å². The highest BCUT2D eigenvalue weighted by Crippen LogP contribution is 2.26. The lowest BCUT2D eigenvalue weighted by molar-refractivity contribution is -0.130. The van der Waals surface area contributed by atoms with Crippen LogP contribution in [0.5, 0.6) is 0 Å². The number of hydrogen-bond acceptors (Lipinski definition) is 4. The van der Waals surface area contributed by atoms with Crippen LogP contribution in [0.1, 0.15) is 44.2 Å². The molecule has 0 saturated carbocycles. The van der Waals surface area contributed by atoms with Gasteiger partial charge in [0.2, 0.25) is 5.91 Å². The van der Waals surface area contributed by atoms with Gasteiger partial charge in [0.05, 0.1) is 5.52 Å². The SMILES string of the molecule is CC(C)c1ccc2c(c1)oc(=O)n2C1CCC(O)NC1=O. The molecule has 2 unspecified atom stereocenters. The summed E-state index contributed by atoms with van der Waals surface area (Å²) >= 11 is 0. The second-order valence-electron chi connectivity index (χ2n) is 5.74. The molecule has 21 heavy (non-hydrogen) atoms. The summed E-state index contributed by atoms with van der Waals surface area (Å²) in [5.74, 6) is -0.565. The van der Waals surface area contributed by atoms with E-state index >= 15 is 0 Å². The molecule has 0 spiro atoms. The number of carbonyl (C=O) groups is 1. The van der Waals surface area contributed by atoms with Crippen molar-refractivity contribution < 1.29 is 14.3 Å². The van der Waals surface area contributed by atoms with Crippen LogP contribution in [0.15, 0.2) is 27.4 Å². The highest BCUT2D eigenvalue weighted by atomic mass is 16.4. The molecule has 3 rings (SSSR count). The van der Waals surface area contributed by atoms with E-state index < -0.39 is 18.0 Å². The molecule has 2 aromatic rings. The molecule has 1 aromatic heterocycles. The first kappa shape index (κ1) is 13.9. The average Bonchev–Trinajstić information content (AvgIpc) is 2.74. The first-order chi connectivity index (χ1) is 9.97. The predicted octanol–water partition coefficient (Wildman–Crippen LogP) is 1.49. The first-order valence-corrected chi connectivity index (χ1v) is 7.11. The Morgan fingerprint density at radius 1 is 1.33 bits per heavy atom. The highest BCUT2D eigenvalue weighted by Gasteiger charge is 2.31. The Hall–Kier alpha value is -2.08. The summed E-state index contributed by atoms with van der Waals surface area (Å²) in [6.07, 6.45) is -0.0114. The van der Waals surface area contributed by atoms with E-state index in [1.807, 2.05) is 18.2 Å². The van der Waals surface area contributed by atoms with Crippen molar-refractivity contribution in [2.75, 3.05) is 0 Å². The van der Waals surface area contributed by atoms with E-state index in [4.69, 9.17) is 4.42 Å². The molecular formula is C15H18N2O4. The zero-order valence-corrected chi connectivity index (χ0v) is 12.0. The number of nitrogens with zero attached hydrogens (tertiary/aromatic N) is 1. The number of carbonyl (C=O) groups excluding carboxylic acids is 1. The van der Waals surface area contributed by atoms with Crippen LogP contribution in [-0.4, -0.2) is 21.8 Å². The van der Waals surface area contributed by atoms with Gasteiger partial charge in [0.25, 0.3) is 0 Å². The molecule has 1 aromatic carbocycles. The van der Waals surface area contributed by atoms with Crippen LogP contribution in [0.4, 0.5) is 0 Å². The molecule has 1 aliphatic rings. The maximum atomic E-state index is 12.1. The van der Waals surface area contributed by atoms with Gasteiger partial charge in [-0.25, -0.2) is 4.79 Å². The Labute approximate surface area is 121 Å². The number of nitrogens with one attached hydrogen (secondary N) is 1. The topological polar surface area (TPSA) is 84.5 Å². The smallest absolute Gasteiger partial charge is 0.408 e. The van der Waals surface area contributed by atoms with E-state index in [0.717, 1.165) is 5.56 Å². The first-order valence-electron chi connectivity index (χ1n) is 7.11. The van der Waals surface area contributed by atoms with Gasteiger partial charge in [0.15, 0.2) is 5.58 Å². The van der Waals surface area contributed by atoms with E-state index in [9.17, 15) is 14.7 Å². The van der Waals surface area contributed by atoms with Gasteiger partial charge in [0, 0.05) is 0 Å². The van der Waals surface area contributed by atoms with Gasteiger partial charge in [-0.3, -0.25) is 9.36 Å². The summed E-state index contributed by atoms with van der Waals surface area (Å²) in [6, 6.07) is 4.96. The Kier molecular flexibility index (Phi) is 3.33. The summed E-state index contributed by atoms with van der Waals surface area (Å²) in [5, 5.41) is 11.9. The Balaban J connectivity index is 2.09. The lowest BCUT2D eigenvalue weighted by Gasteiger charge is -2.26. The van der Waals surface area contributed by atoms with E-state index in [-0.39, 0.29) is 5.91 Å². The molecule has 0 bridgehead atoms. The van der Waals surface area contributed by atoms with E-state index in [0.29, 0.717) is 29.9 Å². The monoisotopic (exact) mass is 290 g/mol. The van der Waals surface area contributed by atoms with Gasteiger partial charge < -0.3 is 14.8 Å². The Bertz CT molecular complexity index is 744. The zero-order valence-electron chi connectivity index (χ0n) is 12.0. The minimum Gasteiger partial charge on any atom is -0.408 e. The number of aliphatic hydroxyl groups excluding tert-OH is 1. The standard InChI is InChI=1S/C15H18N2O4/c1-8(2)9-3-4-10-12(7-9)21-15(20)17(10)11-5-6-13(18)16-14(11)19/h3-4,7-8,11,13,18H,5-6H2,1-2H3,(H,16,19). The second-order valence-corrected chi connectivity index (χ2v) is 5.74. The van der Waals surface area contributed by atoms with Crippen molar-refractivity contribution in [1.29, 1.82) is 0 Å². The Morgan fingerprint density at radius 3 is 2.76 bits per heavy atom. The number of piperidine rings is 1. The van der Waals surface area contributed by atoms with Gasteiger partial charge in [-0.1, -0.05) is 19.9 Å². The maximum Gasteiger partial charge on any atom is 0.420 e. The normalized spacial score (nSPS) is 22.8. The maximum absolute atomic E-state index is 12.1. The third-order valence-electron chi connectivity index (χ3n) is 3.94. The van der Waals surface area contributed by atoms with Crippen molar-refractivity contribution in [3.63, 3.8) is 0 Å². The van der Waals surface area contributed by atoms with Gasteiger partial charge >= 0.3 is 5.76 Å². The van der Waals surface area contributed by atoms with Crippen molar-refractivity contribution in [3.8, 4) is 0 Å². The lowest BCUT2D eigenvalue weighted by atomic mass is 10.0.